The number of hydrogen-bond acceptors (Lipinski definition) is 4. The van der Waals surface area contributed by atoms with E-state index in [2.05, 4.69) is 0 Å². The van der Waals surface area contributed by atoms with Crippen molar-refractivity contribution in [1.82, 2.24) is 0 Å². The topological polar surface area (TPSA) is 50.1 Å². The van der Waals surface area contributed by atoms with E-state index in [1.807, 2.05) is 12.3 Å². The maximum absolute atomic E-state index is 10.8. The number of rotatable bonds is 5. The molecule has 0 unspecified atom stereocenters. The number of thioether (sulfide) groups is 1. The van der Waals surface area contributed by atoms with Gasteiger partial charge in [0.05, 0.1) is 6.61 Å². The number of unbranched alkanes of at least 4 members (excludes halogenated alkanes) is 1. The van der Waals surface area contributed by atoms with Crippen molar-refractivity contribution in [1.29, 1.82) is 5.26 Å². The van der Waals surface area contributed by atoms with E-state index in [0.29, 0.717) is 6.61 Å². The molecule has 0 amide bonds. The van der Waals surface area contributed by atoms with Crippen LogP contribution in [0.25, 0.3) is 0 Å². The van der Waals surface area contributed by atoms with Gasteiger partial charge in [0.2, 0.25) is 0 Å². The molecule has 0 N–H and O–H groups in total. The molecule has 0 saturated heterocycles. The number of nitrogens with zero attached hydrogens (tertiary/aromatic N) is 1. The Morgan fingerprint density at radius 3 is 3.08 bits per heavy atom. The predicted octanol–water partition coefficient (Wildman–Crippen LogP) is 2.06. The molecule has 0 aromatic rings. The van der Waals surface area contributed by atoms with Crippen LogP contribution in [0.4, 0.5) is 0 Å². The first-order valence-corrected chi connectivity index (χ1v) is 4.57. The molecular formula is C8H11NO2S. The van der Waals surface area contributed by atoms with Crippen molar-refractivity contribution >= 4 is 17.7 Å². The number of thiocyanates is 1. The van der Waals surface area contributed by atoms with Gasteiger partial charge in [-0.25, -0.2) is 4.79 Å². The van der Waals surface area contributed by atoms with Gasteiger partial charge >= 0.3 is 5.97 Å². The van der Waals surface area contributed by atoms with E-state index in [1.165, 1.54) is 11.5 Å². The van der Waals surface area contributed by atoms with E-state index in [9.17, 15) is 4.79 Å². The van der Waals surface area contributed by atoms with E-state index in [-0.39, 0.29) is 5.97 Å². The fourth-order valence-corrected chi connectivity index (χ4v) is 0.725. The molecule has 4 heteroatoms. The molecule has 0 aliphatic rings. The van der Waals surface area contributed by atoms with Gasteiger partial charge in [-0.05, 0) is 23.6 Å². The summed E-state index contributed by atoms with van der Waals surface area (Å²) in [6, 6.07) is 0. The molecule has 0 rings (SSSR count). The van der Waals surface area contributed by atoms with Crippen LogP contribution < -0.4 is 0 Å². The lowest BCUT2D eigenvalue weighted by Gasteiger charge is -1.97. The summed E-state index contributed by atoms with van der Waals surface area (Å²) in [6.45, 7) is 2.48. The summed E-state index contributed by atoms with van der Waals surface area (Å²) in [7, 11) is 0. The highest BCUT2D eigenvalue weighted by Gasteiger charge is 1.94. The highest BCUT2D eigenvalue weighted by molar-refractivity contribution is 8.06. The Balaban J connectivity index is 3.40. The van der Waals surface area contributed by atoms with Crippen molar-refractivity contribution in [3.8, 4) is 5.40 Å². The molecule has 0 heterocycles. The molecule has 0 spiro atoms. The predicted molar refractivity (Wildman–Crippen MR) is 48.2 cm³/mol. The third-order valence-electron chi connectivity index (χ3n) is 1.07. The van der Waals surface area contributed by atoms with Crippen molar-refractivity contribution in [3.05, 3.63) is 11.5 Å². The van der Waals surface area contributed by atoms with Crippen LogP contribution >= 0.6 is 11.8 Å². The van der Waals surface area contributed by atoms with Gasteiger partial charge in [-0.15, -0.1) is 0 Å². The van der Waals surface area contributed by atoms with E-state index in [0.717, 1.165) is 24.6 Å². The van der Waals surface area contributed by atoms with Crippen LogP contribution in [-0.4, -0.2) is 12.6 Å². The number of esters is 1. The summed E-state index contributed by atoms with van der Waals surface area (Å²) in [5.74, 6) is -0.383. The number of carbonyl (C=O) groups is 1. The van der Waals surface area contributed by atoms with E-state index in [4.69, 9.17) is 10.00 Å². The molecule has 0 aromatic carbocycles. The van der Waals surface area contributed by atoms with Gasteiger partial charge in [0.1, 0.15) is 5.40 Å². The normalized spacial score (nSPS) is 9.67. The number of nitriles is 1. The Bertz CT molecular complexity index is 196. The lowest BCUT2D eigenvalue weighted by atomic mass is 10.4. The van der Waals surface area contributed by atoms with Crippen LogP contribution in [0.5, 0.6) is 0 Å². The minimum atomic E-state index is -0.383. The zero-order chi connectivity index (χ0) is 9.23. The van der Waals surface area contributed by atoms with Gasteiger partial charge in [0.15, 0.2) is 0 Å². The number of ether oxygens (including phenoxy) is 1. The van der Waals surface area contributed by atoms with Crippen LogP contribution in [0.2, 0.25) is 0 Å². The lowest BCUT2D eigenvalue weighted by Crippen LogP contribution is -2.01. The van der Waals surface area contributed by atoms with Gasteiger partial charge in [-0.1, -0.05) is 13.3 Å². The summed E-state index contributed by atoms with van der Waals surface area (Å²) in [5.41, 5.74) is 0. The summed E-state index contributed by atoms with van der Waals surface area (Å²) < 4.78 is 4.78. The SMILES string of the molecule is CCCCOC(=O)C=CSC#N. The second-order valence-corrected chi connectivity index (χ2v) is 2.72. The molecule has 0 fully saturated rings. The zero-order valence-corrected chi connectivity index (χ0v) is 7.76. The van der Waals surface area contributed by atoms with Crippen molar-refractivity contribution in [2.45, 2.75) is 19.8 Å². The molecule has 0 radical (unpaired) electrons. The average molecular weight is 185 g/mol. The first-order valence-electron chi connectivity index (χ1n) is 3.69. The van der Waals surface area contributed by atoms with Crippen molar-refractivity contribution in [2.24, 2.45) is 0 Å². The third-order valence-corrected chi connectivity index (χ3v) is 1.44. The van der Waals surface area contributed by atoms with E-state index in [1.54, 1.807) is 0 Å². The molecule has 0 aromatic heterocycles. The quantitative estimate of drug-likeness (QED) is 0.285. The third kappa shape index (κ3) is 7.16. The summed E-state index contributed by atoms with van der Waals surface area (Å²) in [6.07, 6.45) is 3.14. The fraction of sp³-hybridized carbons (Fsp3) is 0.500. The first-order chi connectivity index (χ1) is 5.81. The molecule has 0 aliphatic heterocycles. The van der Waals surface area contributed by atoms with Crippen molar-refractivity contribution in [3.63, 3.8) is 0 Å². The summed E-state index contributed by atoms with van der Waals surface area (Å²) in [4.78, 5) is 10.8. The van der Waals surface area contributed by atoms with Crippen LogP contribution in [0, 0.1) is 10.7 Å². The molecule has 0 aliphatic carbocycles. The lowest BCUT2D eigenvalue weighted by molar-refractivity contribution is -0.137. The minimum absolute atomic E-state index is 0.383. The summed E-state index contributed by atoms with van der Waals surface area (Å²) in [5, 5.41) is 11.3. The average Bonchev–Trinajstić information content (AvgIpc) is 2.06. The van der Waals surface area contributed by atoms with Crippen LogP contribution in [-0.2, 0) is 9.53 Å². The van der Waals surface area contributed by atoms with E-state index >= 15 is 0 Å². The Labute approximate surface area is 76.4 Å². The molecule has 0 saturated carbocycles. The minimum Gasteiger partial charge on any atom is -0.463 e. The fourth-order valence-electron chi connectivity index (χ4n) is 0.485. The number of hydrogen-bond donors (Lipinski definition) is 0. The number of carbonyl (C=O) groups excluding carboxylic acids is 1. The Hall–Kier alpha value is -0.950. The Morgan fingerprint density at radius 2 is 2.50 bits per heavy atom. The molecular weight excluding hydrogens is 174 g/mol. The Kier molecular flexibility index (Phi) is 7.50. The van der Waals surface area contributed by atoms with Gasteiger partial charge in [-0.2, -0.15) is 5.26 Å². The van der Waals surface area contributed by atoms with Crippen LogP contribution in [0.1, 0.15) is 19.8 Å². The maximum Gasteiger partial charge on any atom is 0.331 e. The largest absolute Gasteiger partial charge is 0.463 e. The molecule has 66 valence electrons. The van der Waals surface area contributed by atoms with Gasteiger partial charge in [-0.3, -0.25) is 0 Å². The second-order valence-electron chi connectivity index (χ2n) is 2.03. The monoisotopic (exact) mass is 185 g/mol. The molecule has 3 nitrogen and oxygen atoms in total. The molecule has 12 heavy (non-hydrogen) atoms. The zero-order valence-electron chi connectivity index (χ0n) is 6.95. The van der Waals surface area contributed by atoms with Crippen molar-refractivity contribution in [2.75, 3.05) is 6.61 Å². The Morgan fingerprint density at radius 1 is 1.75 bits per heavy atom. The first kappa shape index (κ1) is 11.1. The van der Waals surface area contributed by atoms with E-state index < -0.39 is 0 Å². The second kappa shape index (κ2) is 8.15. The highest BCUT2D eigenvalue weighted by Crippen LogP contribution is 1.98. The van der Waals surface area contributed by atoms with Gasteiger partial charge < -0.3 is 4.74 Å². The van der Waals surface area contributed by atoms with Crippen molar-refractivity contribution < 1.29 is 9.53 Å². The molecule has 0 atom stereocenters. The maximum atomic E-state index is 10.8. The smallest absolute Gasteiger partial charge is 0.331 e. The van der Waals surface area contributed by atoms with Crippen LogP contribution in [0.15, 0.2) is 11.5 Å². The highest BCUT2D eigenvalue weighted by atomic mass is 32.2. The summed E-state index contributed by atoms with van der Waals surface area (Å²) >= 11 is 0.900. The van der Waals surface area contributed by atoms with Gasteiger partial charge in [0, 0.05) is 6.08 Å². The standard InChI is InChI=1S/C8H11NO2S/c1-2-3-5-11-8(10)4-6-12-7-9/h4,6H,2-3,5H2,1H3. The van der Waals surface area contributed by atoms with Crippen LogP contribution in [0.3, 0.4) is 0 Å². The molecule has 0 bridgehead atoms. The van der Waals surface area contributed by atoms with Gasteiger partial charge in [0.25, 0.3) is 0 Å².